The largest absolute Gasteiger partial charge is 0.395 e. The Morgan fingerprint density at radius 1 is 1.26 bits per heavy atom. The van der Waals surface area contributed by atoms with E-state index in [4.69, 9.17) is 5.73 Å². The van der Waals surface area contributed by atoms with Crippen LogP contribution in [0.15, 0.2) is 0 Å². The number of nitrogens with two attached hydrogens (primary N) is 1. The molecule has 0 aromatic heterocycles. The summed E-state index contributed by atoms with van der Waals surface area (Å²) in [5, 5.41) is 9.34. The molecule has 1 aliphatic rings. The van der Waals surface area contributed by atoms with E-state index in [9.17, 15) is 18.3 Å². The molecule has 0 spiro atoms. The van der Waals surface area contributed by atoms with Crippen molar-refractivity contribution in [1.29, 1.82) is 0 Å². The lowest BCUT2D eigenvalue weighted by atomic mass is 10.1. The summed E-state index contributed by atoms with van der Waals surface area (Å²) in [6.45, 7) is 1.32. The Morgan fingerprint density at radius 3 is 2.63 bits per heavy atom. The minimum atomic E-state index is -3.24. The van der Waals surface area contributed by atoms with E-state index in [2.05, 4.69) is 4.90 Å². The fourth-order valence-corrected chi connectivity index (χ4v) is 3.58. The fourth-order valence-electron chi connectivity index (χ4n) is 2.35. The smallest absolute Gasteiger partial charge is 0.218 e. The maximum atomic E-state index is 11.8. The normalized spacial score (nSPS) is 22.1. The molecule has 0 aromatic rings. The predicted molar refractivity (Wildman–Crippen MR) is 73.4 cm³/mol. The van der Waals surface area contributed by atoms with Crippen molar-refractivity contribution in [3.8, 4) is 0 Å². The number of amides is 1. The van der Waals surface area contributed by atoms with Crippen LogP contribution in [0.1, 0.15) is 32.1 Å². The summed E-state index contributed by atoms with van der Waals surface area (Å²) in [6, 6.07) is 0.0637. The van der Waals surface area contributed by atoms with Crippen LogP contribution >= 0.6 is 0 Å². The standard InChI is InChI=1S/C12H24N2O4S/c13-12(16)5-8-19(17,18)9-7-14-6-3-1-2-4-11(14)10-15/h11,15H,1-10H2,(H2,13,16). The first kappa shape index (κ1) is 16.4. The van der Waals surface area contributed by atoms with Gasteiger partial charge in [-0.15, -0.1) is 0 Å². The molecule has 1 aliphatic heterocycles. The van der Waals surface area contributed by atoms with Gasteiger partial charge in [-0.2, -0.15) is 0 Å². The van der Waals surface area contributed by atoms with Crippen molar-refractivity contribution in [2.75, 3.05) is 31.2 Å². The van der Waals surface area contributed by atoms with Gasteiger partial charge in [0.15, 0.2) is 9.84 Å². The Labute approximate surface area is 114 Å². The van der Waals surface area contributed by atoms with E-state index >= 15 is 0 Å². The first-order chi connectivity index (χ1) is 8.94. The van der Waals surface area contributed by atoms with Crippen LogP contribution in [0.5, 0.6) is 0 Å². The van der Waals surface area contributed by atoms with Gasteiger partial charge in [0.25, 0.3) is 0 Å². The van der Waals surface area contributed by atoms with E-state index in [1.165, 1.54) is 0 Å². The molecule has 7 heteroatoms. The van der Waals surface area contributed by atoms with Gasteiger partial charge < -0.3 is 10.8 Å². The van der Waals surface area contributed by atoms with Gasteiger partial charge in [-0.05, 0) is 19.4 Å². The summed E-state index contributed by atoms with van der Waals surface area (Å²) >= 11 is 0. The van der Waals surface area contributed by atoms with Crippen molar-refractivity contribution in [1.82, 2.24) is 4.90 Å². The molecule has 6 nitrogen and oxygen atoms in total. The lowest BCUT2D eigenvalue weighted by Gasteiger charge is -2.28. The number of carbonyl (C=O) groups excluding carboxylic acids is 1. The zero-order valence-corrected chi connectivity index (χ0v) is 12.1. The van der Waals surface area contributed by atoms with Crippen molar-refractivity contribution in [2.24, 2.45) is 5.73 Å². The van der Waals surface area contributed by atoms with E-state index in [1.54, 1.807) is 0 Å². The molecule has 0 aromatic carbocycles. The maximum Gasteiger partial charge on any atom is 0.218 e. The molecule has 0 saturated carbocycles. The third-order valence-corrected chi connectivity index (χ3v) is 5.19. The number of likely N-dealkylation sites (tertiary alicyclic amines) is 1. The first-order valence-electron chi connectivity index (χ1n) is 6.78. The summed E-state index contributed by atoms with van der Waals surface area (Å²) < 4.78 is 23.5. The predicted octanol–water partition coefficient (Wildman–Crippen LogP) is -0.486. The van der Waals surface area contributed by atoms with Crippen molar-refractivity contribution < 1.29 is 18.3 Å². The number of carbonyl (C=O) groups is 1. The number of hydrogen-bond acceptors (Lipinski definition) is 5. The molecule has 0 bridgehead atoms. The van der Waals surface area contributed by atoms with Crippen molar-refractivity contribution in [3.63, 3.8) is 0 Å². The number of sulfone groups is 1. The monoisotopic (exact) mass is 292 g/mol. The van der Waals surface area contributed by atoms with E-state index in [0.29, 0.717) is 6.54 Å². The third-order valence-electron chi connectivity index (χ3n) is 3.56. The van der Waals surface area contributed by atoms with E-state index in [0.717, 1.165) is 32.2 Å². The van der Waals surface area contributed by atoms with E-state index in [1.807, 2.05) is 0 Å². The molecule has 19 heavy (non-hydrogen) atoms. The Balaban J connectivity index is 2.46. The number of hydrogen-bond donors (Lipinski definition) is 2. The van der Waals surface area contributed by atoms with Crippen LogP contribution in [-0.2, 0) is 14.6 Å². The topological polar surface area (TPSA) is 101 Å². The molecule has 0 aliphatic carbocycles. The summed E-state index contributed by atoms with van der Waals surface area (Å²) in [7, 11) is -3.24. The summed E-state index contributed by atoms with van der Waals surface area (Å²) in [4.78, 5) is 12.7. The van der Waals surface area contributed by atoms with Crippen LogP contribution in [0.25, 0.3) is 0 Å². The second-order valence-electron chi connectivity index (χ2n) is 5.09. The molecule has 1 saturated heterocycles. The van der Waals surface area contributed by atoms with Crippen molar-refractivity contribution in [3.05, 3.63) is 0 Å². The minimum Gasteiger partial charge on any atom is -0.395 e. The zero-order valence-electron chi connectivity index (χ0n) is 11.3. The van der Waals surface area contributed by atoms with Crippen LogP contribution in [0.3, 0.4) is 0 Å². The van der Waals surface area contributed by atoms with E-state index < -0.39 is 15.7 Å². The molecular formula is C12H24N2O4S. The number of nitrogens with zero attached hydrogens (tertiary/aromatic N) is 1. The number of aliphatic hydroxyl groups excluding tert-OH is 1. The number of rotatable bonds is 7. The van der Waals surface area contributed by atoms with Crippen molar-refractivity contribution >= 4 is 15.7 Å². The lowest BCUT2D eigenvalue weighted by Crippen LogP contribution is -2.40. The van der Waals surface area contributed by atoms with Gasteiger partial charge in [0, 0.05) is 19.0 Å². The molecule has 1 rings (SSSR count). The highest BCUT2D eigenvalue weighted by molar-refractivity contribution is 7.91. The van der Waals surface area contributed by atoms with Gasteiger partial charge in [-0.3, -0.25) is 9.69 Å². The molecule has 1 unspecified atom stereocenters. The minimum absolute atomic E-state index is 0.0246. The highest BCUT2D eigenvalue weighted by Gasteiger charge is 2.22. The van der Waals surface area contributed by atoms with Crippen molar-refractivity contribution in [2.45, 2.75) is 38.1 Å². The molecule has 1 heterocycles. The zero-order chi connectivity index (χ0) is 14.3. The SMILES string of the molecule is NC(=O)CCS(=O)(=O)CCN1CCCCCC1CO. The molecule has 3 N–H and O–H groups in total. The summed E-state index contributed by atoms with van der Waals surface area (Å²) in [5.74, 6) is -0.747. The number of primary amides is 1. The van der Waals surface area contributed by atoms with Gasteiger partial charge in [0.1, 0.15) is 0 Å². The Morgan fingerprint density at radius 2 is 2.00 bits per heavy atom. The molecule has 1 fully saturated rings. The summed E-state index contributed by atoms with van der Waals surface area (Å²) in [5.41, 5.74) is 4.96. The molecular weight excluding hydrogens is 268 g/mol. The number of aliphatic hydroxyl groups is 1. The van der Waals surface area contributed by atoms with Gasteiger partial charge in [0.2, 0.25) is 5.91 Å². The van der Waals surface area contributed by atoms with Crippen LogP contribution in [0.4, 0.5) is 0 Å². The van der Waals surface area contributed by atoms with Gasteiger partial charge >= 0.3 is 0 Å². The van der Waals surface area contributed by atoms with E-state index in [-0.39, 0.29) is 30.6 Å². The highest BCUT2D eigenvalue weighted by atomic mass is 32.2. The molecule has 1 amide bonds. The molecule has 1 atom stereocenters. The van der Waals surface area contributed by atoms with Crippen LogP contribution in [0, 0.1) is 0 Å². The maximum absolute atomic E-state index is 11.8. The Hall–Kier alpha value is -0.660. The Bertz CT molecular complexity index is 383. The highest BCUT2D eigenvalue weighted by Crippen LogP contribution is 2.16. The quantitative estimate of drug-likeness (QED) is 0.659. The van der Waals surface area contributed by atoms with Crippen LogP contribution < -0.4 is 5.73 Å². The second kappa shape index (κ2) is 7.81. The Kier molecular flexibility index (Phi) is 6.74. The van der Waals surface area contributed by atoms with Gasteiger partial charge in [-0.1, -0.05) is 12.8 Å². The molecule has 112 valence electrons. The van der Waals surface area contributed by atoms with Gasteiger partial charge in [0.05, 0.1) is 18.1 Å². The average Bonchev–Trinajstić information content (AvgIpc) is 2.59. The third kappa shape index (κ3) is 6.35. The van der Waals surface area contributed by atoms with Gasteiger partial charge in [-0.25, -0.2) is 8.42 Å². The van der Waals surface area contributed by atoms with Crippen LogP contribution in [0.2, 0.25) is 0 Å². The lowest BCUT2D eigenvalue weighted by molar-refractivity contribution is -0.117. The summed E-state index contributed by atoms with van der Waals surface area (Å²) in [6.07, 6.45) is 4.04. The molecule has 0 radical (unpaired) electrons. The van der Waals surface area contributed by atoms with Crippen LogP contribution in [-0.4, -0.2) is 61.6 Å². The second-order valence-corrected chi connectivity index (χ2v) is 7.39. The average molecular weight is 292 g/mol. The fraction of sp³-hybridized carbons (Fsp3) is 0.917. The first-order valence-corrected chi connectivity index (χ1v) is 8.60.